The van der Waals surface area contributed by atoms with Crippen molar-refractivity contribution in [3.63, 3.8) is 0 Å². The fraction of sp³-hybridized carbons (Fsp3) is 0.222. The molecule has 2 aromatic carbocycles. The van der Waals surface area contributed by atoms with Crippen LogP contribution in [-0.4, -0.2) is 28.4 Å². The molecule has 0 spiro atoms. The lowest BCUT2D eigenvalue weighted by Crippen LogP contribution is -2.30. The first kappa shape index (κ1) is 22.9. The number of anilines is 1. The maximum Gasteiger partial charge on any atom is 0.296 e. The summed E-state index contributed by atoms with van der Waals surface area (Å²) in [7, 11) is 0. The second-order valence-corrected chi connectivity index (χ2v) is 9.47. The maximum atomic E-state index is 13.5. The van der Waals surface area contributed by atoms with E-state index in [1.165, 1.54) is 16.2 Å². The Morgan fingerprint density at radius 2 is 1.91 bits per heavy atom. The van der Waals surface area contributed by atoms with E-state index in [1.807, 2.05) is 32.0 Å². The van der Waals surface area contributed by atoms with Gasteiger partial charge in [-0.2, -0.15) is 0 Å². The monoisotopic (exact) mass is 488 g/mol. The van der Waals surface area contributed by atoms with E-state index < -0.39 is 23.5 Å². The number of amides is 1. The van der Waals surface area contributed by atoms with Crippen LogP contribution in [0.5, 0.6) is 5.75 Å². The average molecular weight is 489 g/mol. The topological polar surface area (TPSA) is 92.9 Å². The summed E-state index contributed by atoms with van der Waals surface area (Å²) in [4.78, 5) is 32.9. The lowest BCUT2D eigenvalue weighted by atomic mass is 9.95. The molecule has 1 atom stereocenters. The van der Waals surface area contributed by atoms with Crippen LogP contribution in [0.2, 0.25) is 0 Å². The average Bonchev–Trinajstić information content (AvgIpc) is 3.53. The standard InChI is InChI=1S/C27H24N2O5S/c1-4-13-33-18-9-7-17(8-10-18)23-22(24(30)20-12-6-16(3)34-20)25(31)26(32)29(23)27-28-19-11-5-15(2)14-21(19)35-27/h5-12,14,23,31H,4,13H2,1-3H3. The molecule has 0 saturated carbocycles. The van der Waals surface area contributed by atoms with Gasteiger partial charge in [-0.05, 0) is 67.8 Å². The van der Waals surface area contributed by atoms with Gasteiger partial charge in [-0.25, -0.2) is 4.98 Å². The van der Waals surface area contributed by atoms with Crippen molar-refractivity contribution < 1.29 is 23.8 Å². The smallest absolute Gasteiger partial charge is 0.296 e. The number of thiazole rings is 1. The van der Waals surface area contributed by atoms with Crippen molar-refractivity contribution in [2.45, 2.75) is 33.2 Å². The fourth-order valence-corrected chi connectivity index (χ4v) is 5.22. The third-order valence-electron chi connectivity index (χ3n) is 5.82. The Balaban J connectivity index is 1.62. The maximum absolute atomic E-state index is 13.5. The van der Waals surface area contributed by atoms with Crippen molar-refractivity contribution in [1.29, 1.82) is 0 Å². The van der Waals surface area contributed by atoms with Gasteiger partial charge in [0.1, 0.15) is 11.5 Å². The number of furan rings is 1. The summed E-state index contributed by atoms with van der Waals surface area (Å²) in [6.07, 6.45) is 0.877. The zero-order valence-electron chi connectivity index (χ0n) is 19.6. The number of hydrogen-bond donors (Lipinski definition) is 1. The van der Waals surface area contributed by atoms with Gasteiger partial charge in [0.2, 0.25) is 5.78 Å². The second-order valence-electron chi connectivity index (χ2n) is 8.46. The molecule has 1 aliphatic rings. The van der Waals surface area contributed by atoms with Crippen molar-refractivity contribution in [1.82, 2.24) is 4.98 Å². The van der Waals surface area contributed by atoms with E-state index in [9.17, 15) is 14.7 Å². The van der Waals surface area contributed by atoms with Gasteiger partial charge in [-0.3, -0.25) is 14.5 Å². The summed E-state index contributed by atoms with van der Waals surface area (Å²) in [5.74, 6) is -0.513. The van der Waals surface area contributed by atoms with Gasteiger partial charge >= 0.3 is 0 Å². The molecule has 1 amide bonds. The predicted molar refractivity (Wildman–Crippen MR) is 134 cm³/mol. The highest BCUT2D eigenvalue weighted by atomic mass is 32.1. The van der Waals surface area contributed by atoms with E-state index in [1.54, 1.807) is 43.3 Å². The second kappa shape index (κ2) is 9.03. The summed E-state index contributed by atoms with van der Waals surface area (Å²) in [6, 6.07) is 15.4. The van der Waals surface area contributed by atoms with Crippen LogP contribution in [0.1, 0.15) is 46.8 Å². The Morgan fingerprint density at radius 1 is 1.14 bits per heavy atom. The van der Waals surface area contributed by atoms with Crippen LogP contribution in [0, 0.1) is 13.8 Å². The van der Waals surface area contributed by atoms with Crippen molar-refractivity contribution in [3.05, 3.63) is 88.6 Å². The zero-order chi connectivity index (χ0) is 24.7. The van der Waals surface area contributed by atoms with Crippen LogP contribution < -0.4 is 9.64 Å². The lowest BCUT2D eigenvalue weighted by Gasteiger charge is -2.24. The number of benzene rings is 2. The van der Waals surface area contributed by atoms with E-state index in [0.717, 1.165) is 22.2 Å². The molecular formula is C27H24N2O5S. The Kier molecular flexibility index (Phi) is 5.90. The van der Waals surface area contributed by atoms with E-state index in [-0.39, 0.29) is 11.3 Å². The molecule has 178 valence electrons. The number of rotatable bonds is 7. The highest BCUT2D eigenvalue weighted by Gasteiger charge is 2.46. The van der Waals surface area contributed by atoms with Crippen LogP contribution in [0.25, 0.3) is 10.2 Å². The molecule has 0 saturated heterocycles. The number of ketones is 1. The SMILES string of the molecule is CCCOc1ccc(C2C(C(=O)c3ccc(C)o3)=C(O)C(=O)N2c2nc3ccc(C)cc3s2)cc1. The molecule has 1 aliphatic heterocycles. The molecule has 0 aliphatic carbocycles. The molecule has 5 rings (SSSR count). The molecular weight excluding hydrogens is 464 g/mol. The number of fused-ring (bicyclic) bond motifs is 1. The van der Waals surface area contributed by atoms with Crippen molar-refractivity contribution in [2.24, 2.45) is 0 Å². The molecule has 1 N–H and O–H groups in total. The number of carbonyl (C=O) groups excluding carboxylic acids is 2. The molecule has 4 aromatic rings. The van der Waals surface area contributed by atoms with E-state index in [0.29, 0.717) is 28.8 Å². The molecule has 2 aromatic heterocycles. The number of nitrogens with zero attached hydrogens (tertiary/aromatic N) is 2. The third-order valence-corrected chi connectivity index (χ3v) is 6.84. The highest BCUT2D eigenvalue weighted by Crippen LogP contribution is 2.44. The van der Waals surface area contributed by atoms with Gasteiger partial charge < -0.3 is 14.3 Å². The summed E-state index contributed by atoms with van der Waals surface area (Å²) in [5, 5.41) is 11.3. The Hall–Kier alpha value is -3.91. The summed E-state index contributed by atoms with van der Waals surface area (Å²) in [6.45, 7) is 6.32. The minimum atomic E-state index is -0.873. The third kappa shape index (κ3) is 4.10. The van der Waals surface area contributed by atoms with Crippen LogP contribution in [0.4, 0.5) is 5.13 Å². The Morgan fingerprint density at radius 3 is 2.60 bits per heavy atom. The molecule has 8 heteroatoms. The van der Waals surface area contributed by atoms with Gasteiger partial charge in [0.25, 0.3) is 5.91 Å². The van der Waals surface area contributed by atoms with Crippen molar-refractivity contribution >= 4 is 38.4 Å². The van der Waals surface area contributed by atoms with Gasteiger partial charge in [-0.1, -0.05) is 36.5 Å². The summed E-state index contributed by atoms with van der Waals surface area (Å²) < 4.78 is 12.1. The highest BCUT2D eigenvalue weighted by molar-refractivity contribution is 7.22. The van der Waals surface area contributed by atoms with Gasteiger partial charge in [0.15, 0.2) is 16.7 Å². The zero-order valence-corrected chi connectivity index (χ0v) is 20.4. The van der Waals surface area contributed by atoms with Crippen LogP contribution in [0.3, 0.4) is 0 Å². The molecule has 3 heterocycles. The number of Topliss-reactive ketones (excluding diaryl/α,β-unsaturated/α-hetero) is 1. The van der Waals surface area contributed by atoms with Crippen molar-refractivity contribution in [2.75, 3.05) is 11.5 Å². The largest absolute Gasteiger partial charge is 0.503 e. The minimum absolute atomic E-state index is 0.0398. The van der Waals surface area contributed by atoms with Gasteiger partial charge in [0.05, 0.1) is 28.4 Å². The van der Waals surface area contributed by atoms with Gasteiger partial charge in [0, 0.05) is 0 Å². The molecule has 0 fully saturated rings. The number of aliphatic hydroxyl groups excluding tert-OH is 1. The van der Waals surface area contributed by atoms with Crippen LogP contribution in [0.15, 0.2) is 70.3 Å². The number of aromatic nitrogens is 1. The van der Waals surface area contributed by atoms with E-state index >= 15 is 0 Å². The first-order chi connectivity index (χ1) is 16.9. The first-order valence-electron chi connectivity index (χ1n) is 11.3. The minimum Gasteiger partial charge on any atom is -0.503 e. The molecule has 35 heavy (non-hydrogen) atoms. The lowest BCUT2D eigenvalue weighted by molar-refractivity contribution is -0.117. The number of ether oxygens (including phenoxy) is 1. The molecule has 1 unspecified atom stereocenters. The predicted octanol–water partition coefficient (Wildman–Crippen LogP) is 6.08. The number of aryl methyl sites for hydroxylation is 2. The quantitative estimate of drug-likeness (QED) is 0.317. The van der Waals surface area contributed by atoms with E-state index in [2.05, 4.69) is 4.98 Å². The van der Waals surface area contributed by atoms with Crippen molar-refractivity contribution in [3.8, 4) is 5.75 Å². The first-order valence-corrected chi connectivity index (χ1v) is 12.2. The summed E-state index contributed by atoms with van der Waals surface area (Å²) >= 11 is 1.34. The van der Waals surface area contributed by atoms with E-state index in [4.69, 9.17) is 9.15 Å². The van der Waals surface area contributed by atoms with Crippen LogP contribution >= 0.6 is 11.3 Å². The molecule has 7 nitrogen and oxygen atoms in total. The normalized spacial score (nSPS) is 15.9. The number of aliphatic hydroxyl groups is 1. The van der Waals surface area contributed by atoms with Gasteiger partial charge in [-0.15, -0.1) is 0 Å². The Bertz CT molecular complexity index is 1460. The molecule has 0 bridgehead atoms. The molecule has 0 radical (unpaired) electrons. The van der Waals surface area contributed by atoms with Crippen LogP contribution in [-0.2, 0) is 4.79 Å². The number of carbonyl (C=O) groups is 2. The number of hydrogen-bond acceptors (Lipinski definition) is 7. The fourth-order valence-electron chi connectivity index (χ4n) is 4.13. The summed E-state index contributed by atoms with van der Waals surface area (Å²) in [5.41, 5.74) is 2.42. The Labute approximate surface area is 206 Å².